The molecule has 1 unspecified atom stereocenters. The van der Waals surface area contributed by atoms with Gasteiger partial charge >= 0.3 is 0 Å². The van der Waals surface area contributed by atoms with E-state index in [1.807, 2.05) is 6.92 Å². The highest BCUT2D eigenvalue weighted by molar-refractivity contribution is 5.79. The predicted molar refractivity (Wildman–Crippen MR) is 89.5 cm³/mol. The Balaban J connectivity index is 1.63. The summed E-state index contributed by atoms with van der Waals surface area (Å²) in [4.78, 5) is 4.55. The quantitative estimate of drug-likeness (QED) is 0.438. The first-order chi connectivity index (χ1) is 11.3. The Morgan fingerprint density at radius 3 is 2.87 bits per heavy atom. The third kappa shape index (κ3) is 6.86. The molecule has 1 aromatic carbocycles. The average Bonchev–Trinajstić information content (AvgIpc) is 3.07. The summed E-state index contributed by atoms with van der Waals surface area (Å²) in [6.07, 6.45) is 3.31. The zero-order valence-corrected chi connectivity index (χ0v) is 13.7. The van der Waals surface area contributed by atoms with Crippen molar-refractivity contribution in [3.63, 3.8) is 0 Å². The molecule has 1 atom stereocenters. The second-order valence-corrected chi connectivity index (χ2v) is 5.44. The monoisotopic (exact) mass is 323 g/mol. The molecule has 0 saturated carbocycles. The van der Waals surface area contributed by atoms with Gasteiger partial charge in [-0.3, -0.25) is 4.99 Å². The molecule has 1 aliphatic heterocycles. The highest BCUT2D eigenvalue weighted by Gasteiger charge is 2.14. The van der Waals surface area contributed by atoms with Gasteiger partial charge in [0.1, 0.15) is 11.6 Å². The van der Waals surface area contributed by atoms with Gasteiger partial charge in [0, 0.05) is 19.7 Å². The molecule has 1 fully saturated rings. The van der Waals surface area contributed by atoms with Crippen molar-refractivity contribution < 1.29 is 13.9 Å². The summed E-state index contributed by atoms with van der Waals surface area (Å²) in [6.45, 7) is 5.75. The number of aliphatic imine (C=N–C) groups is 1. The Hall–Kier alpha value is -1.82. The van der Waals surface area contributed by atoms with Crippen LogP contribution in [0.1, 0.15) is 26.2 Å². The van der Waals surface area contributed by atoms with Gasteiger partial charge in [0.25, 0.3) is 0 Å². The van der Waals surface area contributed by atoms with Gasteiger partial charge in [-0.05, 0) is 50.5 Å². The topological polar surface area (TPSA) is 54.9 Å². The van der Waals surface area contributed by atoms with Crippen LogP contribution in [0, 0.1) is 5.82 Å². The molecule has 1 heterocycles. The van der Waals surface area contributed by atoms with Crippen LogP contribution in [0.25, 0.3) is 0 Å². The summed E-state index contributed by atoms with van der Waals surface area (Å²) in [7, 11) is 0. The van der Waals surface area contributed by atoms with E-state index in [1.54, 1.807) is 12.1 Å². The fourth-order valence-corrected chi connectivity index (χ4v) is 2.32. The standard InChI is InChI=1S/C17H26FN3O2/c1-2-19-17(21-13-16-5-3-11-23-16)20-10-4-12-22-15-8-6-14(18)7-9-15/h6-9,16H,2-5,10-13H2,1H3,(H2,19,20,21). The largest absolute Gasteiger partial charge is 0.494 e. The third-order valence-corrected chi connectivity index (χ3v) is 3.52. The van der Waals surface area contributed by atoms with Crippen molar-refractivity contribution in [3.05, 3.63) is 30.1 Å². The number of benzene rings is 1. The van der Waals surface area contributed by atoms with Crippen molar-refractivity contribution >= 4 is 5.96 Å². The lowest BCUT2D eigenvalue weighted by Gasteiger charge is -2.13. The van der Waals surface area contributed by atoms with Crippen LogP contribution in [-0.2, 0) is 4.74 Å². The smallest absolute Gasteiger partial charge is 0.191 e. The Kier molecular flexibility index (Phi) is 7.66. The molecule has 6 heteroatoms. The van der Waals surface area contributed by atoms with Gasteiger partial charge in [0.05, 0.1) is 19.3 Å². The van der Waals surface area contributed by atoms with Gasteiger partial charge in [-0.25, -0.2) is 4.39 Å². The van der Waals surface area contributed by atoms with Crippen molar-refractivity contribution in [2.45, 2.75) is 32.3 Å². The maximum absolute atomic E-state index is 12.8. The van der Waals surface area contributed by atoms with Gasteiger partial charge in [-0.15, -0.1) is 0 Å². The van der Waals surface area contributed by atoms with Gasteiger partial charge in [0.15, 0.2) is 5.96 Å². The van der Waals surface area contributed by atoms with E-state index in [0.29, 0.717) is 18.9 Å². The van der Waals surface area contributed by atoms with E-state index in [9.17, 15) is 4.39 Å². The minimum absolute atomic E-state index is 0.253. The van der Waals surface area contributed by atoms with Crippen LogP contribution in [0.3, 0.4) is 0 Å². The summed E-state index contributed by atoms with van der Waals surface area (Å²) in [5.41, 5.74) is 0. The van der Waals surface area contributed by atoms with E-state index < -0.39 is 0 Å². The van der Waals surface area contributed by atoms with Crippen LogP contribution in [0.4, 0.5) is 4.39 Å². The van der Waals surface area contributed by atoms with Crippen LogP contribution in [-0.4, -0.2) is 44.9 Å². The predicted octanol–water partition coefficient (Wildman–Crippen LogP) is 2.33. The van der Waals surface area contributed by atoms with Crippen molar-refractivity contribution in [2.75, 3.05) is 32.8 Å². The van der Waals surface area contributed by atoms with E-state index in [2.05, 4.69) is 15.6 Å². The lowest BCUT2D eigenvalue weighted by atomic mass is 10.2. The van der Waals surface area contributed by atoms with Crippen molar-refractivity contribution in [3.8, 4) is 5.75 Å². The second kappa shape index (κ2) is 10.0. The molecule has 1 aliphatic rings. The molecular formula is C17H26FN3O2. The first-order valence-electron chi connectivity index (χ1n) is 8.30. The number of nitrogens with zero attached hydrogens (tertiary/aromatic N) is 1. The van der Waals surface area contributed by atoms with Crippen molar-refractivity contribution in [1.82, 2.24) is 10.6 Å². The number of halogens is 1. The Morgan fingerprint density at radius 1 is 1.35 bits per heavy atom. The second-order valence-electron chi connectivity index (χ2n) is 5.44. The van der Waals surface area contributed by atoms with Crippen LogP contribution in [0.5, 0.6) is 5.75 Å². The lowest BCUT2D eigenvalue weighted by Crippen LogP contribution is -2.38. The summed E-state index contributed by atoms with van der Waals surface area (Å²) in [5, 5.41) is 6.51. The molecule has 2 rings (SSSR count). The molecule has 0 amide bonds. The number of rotatable bonds is 8. The maximum Gasteiger partial charge on any atom is 0.191 e. The molecule has 0 spiro atoms. The van der Waals surface area contributed by atoms with Gasteiger partial charge < -0.3 is 20.1 Å². The highest BCUT2D eigenvalue weighted by Crippen LogP contribution is 2.12. The van der Waals surface area contributed by atoms with Crippen molar-refractivity contribution in [1.29, 1.82) is 0 Å². The van der Waals surface area contributed by atoms with E-state index >= 15 is 0 Å². The van der Waals surface area contributed by atoms with Gasteiger partial charge in [0.2, 0.25) is 0 Å². The van der Waals surface area contributed by atoms with Crippen molar-refractivity contribution in [2.24, 2.45) is 4.99 Å². The molecule has 23 heavy (non-hydrogen) atoms. The molecule has 1 saturated heterocycles. The number of nitrogens with one attached hydrogen (secondary N) is 2. The maximum atomic E-state index is 12.8. The zero-order valence-electron chi connectivity index (χ0n) is 13.7. The first-order valence-corrected chi connectivity index (χ1v) is 8.30. The summed E-state index contributed by atoms with van der Waals surface area (Å²) in [6, 6.07) is 6.06. The molecule has 0 aliphatic carbocycles. The lowest BCUT2D eigenvalue weighted by molar-refractivity contribution is 0.117. The number of hydrogen-bond donors (Lipinski definition) is 2. The molecular weight excluding hydrogens is 297 g/mol. The van der Waals surface area contributed by atoms with E-state index in [4.69, 9.17) is 9.47 Å². The number of guanidine groups is 1. The van der Waals surface area contributed by atoms with E-state index in [0.717, 1.165) is 44.9 Å². The number of ether oxygens (including phenoxy) is 2. The molecule has 0 aromatic heterocycles. The van der Waals surface area contributed by atoms with Gasteiger partial charge in [-0.2, -0.15) is 0 Å². The minimum Gasteiger partial charge on any atom is -0.494 e. The molecule has 0 bridgehead atoms. The summed E-state index contributed by atoms with van der Waals surface area (Å²) >= 11 is 0. The zero-order chi connectivity index (χ0) is 16.3. The van der Waals surface area contributed by atoms with Crippen LogP contribution in [0.15, 0.2) is 29.3 Å². The third-order valence-electron chi connectivity index (χ3n) is 3.52. The van der Waals surface area contributed by atoms with Crippen LogP contribution >= 0.6 is 0 Å². The van der Waals surface area contributed by atoms with Gasteiger partial charge in [-0.1, -0.05) is 0 Å². The minimum atomic E-state index is -0.253. The SMILES string of the molecule is CCNC(=NCC1CCCO1)NCCCOc1ccc(F)cc1. The normalized spacial score (nSPS) is 18.0. The number of hydrogen-bond acceptors (Lipinski definition) is 3. The molecule has 2 N–H and O–H groups in total. The summed E-state index contributed by atoms with van der Waals surface area (Å²) in [5.74, 6) is 1.24. The Morgan fingerprint density at radius 2 is 2.17 bits per heavy atom. The van der Waals surface area contributed by atoms with Crippen LogP contribution < -0.4 is 15.4 Å². The fourth-order valence-electron chi connectivity index (χ4n) is 2.32. The first kappa shape index (κ1) is 17.5. The molecule has 1 aromatic rings. The Bertz CT molecular complexity index is 473. The van der Waals surface area contributed by atoms with Crippen LogP contribution in [0.2, 0.25) is 0 Å². The van der Waals surface area contributed by atoms with E-state index in [1.165, 1.54) is 12.1 Å². The summed E-state index contributed by atoms with van der Waals surface area (Å²) < 4.78 is 23.9. The average molecular weight is 323 g/mol. The molecule has 5 nitrogen and oxygen atoms in total. The molecule has 128 valence electrons. The fraction of sp³-hybridized carbons (Fsp3) is 0.588. The highest BCUT2D eigenvalue weighted by atomic mass is 19.1. The molecule has 0 radical (unpaired) electrons. The van der Waals surface area contributed by atoms with E-state index in [-0.39, 0.29) is 11.9 Å². The Labute approximate surface area is 137 Å².